The Labute approximate surface area is 173 Å². The maximum Gasteiger partial charge on any atom is 0.209 e. The number of amides is 1. The second-order valence-corrected chi connectivity index (χ2v) is 7.71. The topological polar surface area (TPSA) is 56.3 Å². The van der Waals surface area contributed by atoms with Crippen molar-refractivity contribution in [3.63, 3.8) is 0 Å². The van der Waals surface area contributed by atoms with Gasteiger partial charge in [0.1, 0.15) is 18.5 Å². The molecule has 1 unspecified atom stereocenters. The number of nitrogens with zero attached hydrogens (tertiary/aromatic N) is 3. The number of rotatable bonds is 10. The van der Waals surface area contributed by atoms with E-state index in [0.29, 0.717) is 6.54 Å². The van der Waals surface area contributed by atoms with E-state index in [4.69, 9.17) is 4.74 Å². The number of benzene rings is 2. The summed E-state index contributed by atoms with van der Waals surface area (Å²) < 4.78 is 5.76. The van der Waals surface area contributed by atoms with Crippen molar-refractivity contribution >= 4 is 6.41 Å². The van der Waals surface area contributed by atoms with Crippen molar-refractivity contribution in [2.45, 2.75) is 19.2 Å². The van der Waals surface area contributed by atoms with Crippen LogP contribution in [0.1, 0.15) is 11.1 Å². The second-order valence-electron chi connectivity index (χ2n) is 7.71. The first-order valence-electron chi connectivity index (χ1n) is 10.2. The third kappa shape index (κ3) is 7.16. The molecule has 1 saturated heterocycles. The number of likely N-dealkylation sites (N-methyl/N-ethyl adjacent to an activating group) is 1. The van der Waals surface area contributed by atoms with Crippen molar-refractivity contribution in [1.29, 1.82) is 0 Å². The van der Waals surface area contributed by atoms with Crippen LogP contribution in [-0.2, 0) is 17.9 Å². The van der Waals surface area contributed by atoms with Crippen molar-refractivity contribution in [2.24, 2.45) is 0 Å². The zero-order chi connectivity index (χ0) is 20.5. The number of hydrogen-bond donors (Lipinski definition) is 1. The molecule has 1 aliphatic rings. The highest BCUT2D eigenvalue weighted by Crippen LogP contribution is 2.15. The smallest absolute Gasteiger partial charge is 0.209 e. The molecule has 6 heteroatoms. The molecule has 1 amide bonds. The predicted octanol–water partition coefficient (Wildman–Crippen LogP) is 1.83. The number of carbonyl (C=O) groups excluding carboxylic acids is 1. The summed E-state index contributed by atoms with van der Waals surface area (Å²) in [4.78, 5) is 17.0. The number of ether oxygens (including phenoxy) is 1. The van der Waals surface area contributed by atoms with E-state index in [9.17, 15) is 9.90 Å². The molecule has 2 aromatic carbocycles. The molecule has 2 aromatic rings. The zero-order valence-electron chi connectivity index (χ0n) is 17.1. The molecular formula is C23H31N3O3. The molecule has 6 nitrogen and oxygen atoms in total. The number of piperazine rings is 1. The van der Waals surface area contributed by atoms with Gasteiger partial charge in [0.05, 0.1) is 0 Å². The molecule has 1 fully saturated rings. The highest BCUT2D eigenvalue weighted by molar-refractivity contribution is 5.47. The fraction of sp³-hybridized carbons (Fsp3) is 0.435. The maximum atomic E-state index is 10.8. The van der Waals surface area contributed by atoms with E-state index in [0.717, 1.165) is 51.4 Å². The Hall–Kier alpha value is -2.41. The van der Waals surface area contributed by atoms with Gasteiger partial charge in [-0.15, -0.1) is 0 Å². The summed E-state index contributed by atoms with van der Waals surface area (Å²) >= 11 is 0. The van der Waals surface area contributed by atoms with Gasteiger partial charge in [-0.1, -0.05) is 42.5 Å². The van der Waals surface area contributed by atoms with Crippen LogP contribution in [0.2, 0.25) is 0 Å². The van der Waals surface area contributed by atoms with Crippen LogP contribution in [0.5, 0.6) is 5.75 Å². The minimum Gasteiger partial charge on any atom is -0.491 e. The van der Waals surface area contributed by atoms with Gasteiger partial charge in [-0.2, -0.15) is 0 Å². The first-order valence-corrected chi connectivity index (χ1v) is 10.2. The predicted molar refractivity (Wildman–Crippen MR) is 114 cm³/mol. The van der Waals surface area contributed by atoms with Crippen LogP contribution in [-0.4, -0.2) is 78.7 Å². The van der Waals surface area contributed by atoms with Gasteiger partial charge in [0.2, 0.25) is 6.41 Å². The van der Waals surface area contributed by atoms with Gasteiger partial charge in [0, 0.05) is 45.8 Å². The molecule has 0 bridgehead atoms. The molecule has 0 aliphatic carbocycles. The van der Waals surface area contributed by atoms with Gasteiger partial charge in [-0.05, 0) is 30.3 Å². The number of aliphatic hydroxyl groups is 1. The van der Waals surface area contributed by atoms with Crippen LogP contribution in [0.4, 0.5) is 0 Å². The van der Waals surface area contributed by atoms with E-state index in [2.05, 4.69) is 34.1 Å². The summed E-state index contributed by atoms with van der Waals surface area (Å²) in [6.07, 6.45) is 0.384. The Morgan fingerprint density at radius 2 is 1.72 bits per heavy atom. The molecule has 1 aliphatic heterocycles. The van der Waals surface area contributed by atoms with Crippen molar-refractivity contribution in [3.8, 4) is 5.75 Å². The lowest BCUT2D eigenvalue weighted by molar-refractivity contribution is -0.119. The average molecular weight is 398 g/mol. The highest BCUT2D eigenvalue weighted by atomic mass is 16.5. The van der Waals surface area contributed by atoms with E-state index in [1.54, 1.807) is 0 Å². The van der Waals surface area contributed by atoms with Gasteiger partial charge in [-0.3, -0.25) is 14.6 Å². The molecule has 0 saturated carbocycles. The third-order valence-electron chi connectivity index (χ3n) is 5.15. The maximum absolute atomic E-state index is 10.8. The molecule has 0 radical (unpaired) electrons. The fourth-order valence-electron chi connectivity index (χ4n) is 3.54. The van der Waals surface area contributed by atoms with Crippen LogP contribution in [0.3, 0.4) is 0 Å². The highest BCUT2D eigenvalue weighted by Gasteiger charge is 2.15. The monoisotopic (exact) mass is 397 g/mol. The summed E-state index contributed by atoms with van der Waals surface area (Å²) in [7, 11) is 2.00. The molecule has 29 heavy (non-hydrogen) atoms. The van der Waals surface area contributed by atoms with Gasteiger partial charge >= 0.3 is 0 Å². The number of aliphatic hydroxyl groups excluding tert-OH is 1. The molecule has 0 aromatic heterocycles. The summed E-state index contributed by atoms with van der Waals surface area (Å²) in [6, 6.07) is 18.3. The quantitative estimate of drug-likeness (QED) is 0.620. The van der Waals surface area contributed by atoms with Crippen molar-refractivity contribution < 1.29 is 14.6 Å². The minimum absolute atomic E-state index is 0.270. The van der Waals surface area contributed by atoms with Crippen LogP contribution < -0.4 is 4.74 Å². The Balaban J connectivity index is 1.37. The fourth-order valence-corrected chi connectivity index (χ4v) is 3.54. The minimum atomic E-state index is -0.544. The summed E-state index contributed by atoms with van der Waals surface area (Å²) in [5, 5.41) is 10.3. The van der Waals surface area contributed by atoms with Crippen LogP contribution in [0.15, 0.2) is 54.6 Å². The Morgan fingerprint density at radius 3 is 2.38 bits per heavy atom. The lowest BCUT2D eigenvalue weighted by Crippen LogP contribution is -2.45. The van der Waals surface area contributed by atoms with E-state index < -0.39 is 6.10 Å². The van der Waals surface area contributed by atoms with E-state index in [-0.39, 0.29) is 6.61 Å². The Kier molecular flexibility index (Phi) is 8.04. The lowest BCUT2D eigenvalue weighted by atomic mass is 10.2. The zero-order valence-corrected chi connectivity index (χ0v) is 17.1. The molecule has 1 N–H and O–H groups in total. The third-order valence-corrected chi connectivity index (χ3v) is 5.15. The van der Waals surface area contributed by atoms with Crippen molar-refractivity contribution in [2.75, 3.05) is 46.4 Å². The van der Waals surface area contributed by atoms with E-state index in [1.165, 1.54) is 11.1 Å². The van der Waals surface area contributed by atoms with Gasteiger partial charge < -0.3 is 14.7 Å². The van der Waals surface area contributed by atoms with E-state index in [1.807, 2.05) is 42.3 Å². The molecule has 0 spiro atoms. The summed E-state index contributed by atoms with van der Waals surface area (Å²) in [5.41, 5.74) is 2.45. The van der Waals surface area contributed by atoms with Gasteiger partial charge in [0.25, 0.3) is 0 Å². The molecule has 1 heterocycles. The van der Waals surface area contributed by atoms with Crippen molar-refractivity contribution in [1.82, 2.24) is 14.7 Å². The van der Waals surface area contributed by atoms with Crippen LogP contribution >= 0.6 is 0 Å². The lowest BCUT2D eigenvalue weighted by Gasteiger charge is -2.32. The number of hydrogen-bond acceptors (Lipinski definition) is 5. The first-order chi connectivity index (χ1) is 14.1. The first kappa shape index (κ1) is 21.3. The van der Waals surface area contributed by atoms with Crippen molar-refractivity contribution in [3.05, 3.63) is 65.7 Å². The summed E-state index contributed by atoms with van der Waals surface area (Å²) in [5.74, 6) is 0.768. The number of carbonyl (C=O) groups is 1. The summed E-state index contributed by atoms with van der Waals surface area (Å²) in [6.45, 7) is 5.89. The molecular weight excluding hydrogens is 366 g/mol. The Bertz CT molecular complexity index is 731. The normalized spacial score (nSPS) is 16.0. The SMILES string of the molecule is CN(Cc1ccccc1)CC(O)COc1ccc(CN2CCN(C=O)CC2)cc1. The van der Waals surface area contributed by atoms with Crippen LogP contribution in [0.25, 0.3) is 0 Å². The van der Waals surface area contributed by atoms with Crippen LogP contribution in [0, 0.1) is 0 Å². The largest absolute Gasteiger partial charge is 0.491 e. The van der Waals surface area contributed by atoms with E-state index >= 15 is 0 Å². The second kappa shape index (κ2) is 11.0. The molecule has 1 atom stereocenters. The van der Waals surface area contributed by atoms with Gasteiger partial charge in [-0.25, -0.2) is 0 Å². The van der Waals surface area contributed by atoms with Gasteiger partial charge in [0.15, 0.2) is 0 Å². The average Bonchev–Trinajstić information content (AvgIpc) is 2.74. The molecule has 156 valence electrons. The standard InChI is InChI=1S/C23H31N3O3/c1-24(15-20-5-3-2-4-6-20)17-22(28)18-29-23-9-7-21(8-10-23)16-25-11-13-26(19-27)14-12-25/h2-10,19,22,28H,11-18H2,1H3. The molecule has 3 rings (SSSR count). The Morgan fingerprint density at radius 1 is 1.03 bits per heavy atom.